The van der Waals surface area contributed by atoms with Gasteiger partial charge < -0.3 is 0 Å². The molecule has 0 saturated carbocycles. The number of nitriles is 1. The van der Waals surface area contributed by atoms with Crippen LogP contribution in [-0.4, -0.2) is 16.5 Å². The van der Waals surface area contributed by atoms with Gasteiger partial charge in [0.05, 0.1) is 10.7 Å². The Morgan fingerprint density at radius 2 is 2.18 bits per heavy atom. The van der Waals surface area contributed by atoms with Crippen molar-refractivity contribution in [3.8, 4) is 5.40 Å². The van der Waals surface area contributed by atoms with Crippen molar-refractivity contribution in [1.82, 2.24) is 0 Å². The van der Waals surface area contributed by atoms with Gasteiger partial charge in [0.2, 0.25) is 0 Å². The Balaban J connectivity index is 2.83. The van der Waals surface area contributed by atoms with Crippen LogP contribution in [0.3, 0.4) is 0 Å². The van der Waals surface area contributed by atoms with E-state index >= 15 is 0 Å². The van der Waals surface area contributed by atoms with Gasteiger partial charge in [0.25, 0.3) is 0 Å². The SMILES string of the molecule is CC(/C=C/c1ccccc1)(CSC#N)N=C=S. The lowest BCUT2D eigenvalue weighted by atomic mass is 10.0. The molecule has 1 aromatic carbocycles. The van der Waals surface area contributed by atoms with Crippen molar-refractivity contribution in [2.45, 2.75) is 12.5 Å². The molecule has 1 unspecified atom stereocenters. The molecule has 0 amide bonds. The summed E-state index contributed by atoms with van der Waals surface area (Å²) < 4.78 is 0. The molecule has 1 rings (SSSR count). The second-order valence-electron chi connectivity index (χ2n) is 3.68. The highest BCUT2D eigenvalue weighted by Crippen LogP contribution is 2.19. The highest BCUT2D eigenvalue weighted by Gasteiger charge is 2.19. The first kappa shape index (κ1) is 13.7. The summed E-state index contributed by atoms with van der Waals surface area (Å²) >= 11 is 5.80. The fraction of sp³-hybridized carbons (Fsp3) is 0.231. The maximum atomic E-state index is 8.58. The van der Waals surface area contributed by atoms with Gasteiger partial charge in [0.15, 0.2) is 0 Å². The molecule has 2 nitrogen and oxygen atoms in total. The van der Waals surface area contributed by atoms with Crippen molar-refractivity contribution < 1.29 is 0 Å². The second kappa shape index (κ2) is 7.03. The lowest BCUT2D eigenvalue weighted by Crippen LogP contribution is -2.21. The number of nitrogens with zero attached hydrogens (tertiary/aromatic N) is 2. The summed E-state index contributed by atoms with van der Waals surface area (Å²) in [6, 6.07) is 9.94. The zero-order valence-electron chi connectivity index (χ0n) is 9.46. The molecule has 0 spiro atoms. The van der Waals surface area contributed by atoms with Gasteiger partial charge in [-0.2, -0.15) is 5.26 Å². The Morgan fingerprint density at radius 1 is 1.47 bits per heavy atom. The van der Waals surface area contributed by atoms with Crippen molar-refractivity contribution in [2.24, 2.45) is 4.99 Å². The zero-order valence-corrected chi connectivity index (χ0v) is 11.1. The van der Waals surface area contributed by atoms with E-state index in [1.165, 1.54) is 0 Å². The predicted molar refractivity (Wildman–Crippen MR) is 77.0 cm³/mol. The summed E-state index contributed by atoms with van der Waals surface area (Å²) in [5.41, 5.74) is 0.623. The third-order valence-corrected chi connectivity index (χ3v) is 3.11. The summed E-state index contributed by atoms with van der Waals surface area (Å²) in [5.74, 6) is 0.566. The first-order valence-corrected chi connectivity index (χ1v) is 6.44. The molecule has 17 heavy (non-hydrogen) atoms. The van der Waals surface area contributed by atoms with E-state index in [1.807, 2.05) is 54.8 Å². The Morgan fingerprint density at radius 3 is 2.76 bits per heavy atom. The maximum absolute atomic E-state index is 8.58. The molecule has 0 N–H and O–H groups in total. The Labute approximate surface area is 111 Å². The molecule has 1 atom stereocenters. The minimum absolute atomic E-state index is 0.474. The Kier molecular flexibility index (Phi) is 5.65. The number of hydrogen-bond acceptors (Lipinski definition) is 4. The molecule has 0 saturated heterocycles. The molecule has 0 fully saturated rings. The average Bonchev–Trinajstić information content (AvgIpc) is 2.36. The minimum atomic E-state index is -0.474. The number of thioether (sulfide) groups is 1. The number of aliphatic imine (C=N–C) groups is 1. The smallest absolute Gasteiger partial charge is 0.133 e. The van der Waals surface area contributed by atoms with E-state index in [-0.39, 0.29) is 0 Å². The van der Waals surface area contributed by atoms with Crippen molar-refractivity contribution in [3.63, 3.8) is 0 Å². The molecule has 0 aliphatic carbocycles. The normalized spacial score (nSPS) is 13.6. The van der Waals surface area contributed by atoms with Gasteiger partial charge in [-0.05, 0) is 36.5 Å². The molecule has 86 valence electrons. The van der Waals surface area contributed by atoms with Gasteiger partial charge in [-0.15, -0.1) is 0 Å². The van der Waals surface area contributed by atoms with Crippen LogP contribution >= 0.6 is 24.0 Å². The fourth-order valence-corrected chi connectivity index (χ4v) is 1.97. The van der Waals surface area contributed by atoms with E-state index in [2.05, 4.69) is 22.4 Å². The van der Waals surface area contributed by atoms with E-state index in [0.29, 0.717) is 5.75 Å². The lowest BCUT2D eigenvalue weighted by Gasteiger charge is -2.16. The van der Waals surface area contributed by atoms with E-state index in [1.54, 1.807) is 0 Å². The van der Waals surface area contributed by atoms with E-state index in [4.69, 9.17) is 5.26 Å². The van der Waals surface area contributed by atoms with Crippen LogP contribution in [0.25, 0.3) is 6.08 Å². The second-order valence-corrected chi connectivity index (χ2v) is 4.63. The summed E-state index contributed by atoms with van der Waals surface area (Å²) in [7, 11) is 0. The zero-order chi connectivity index (χ0) is 12.6. The minimum Gasteiger partial charge on any atom is -0.221 e. The number of hydrogen-bond donors (Lipinski definition) is 0. The van der Waals surface area contributed by atoms with Crippen LogP contribution in [0.2, 0.25) is 0 Å². The number of thiocyanates is 1. The summed E-state index contributed by atoms with van der Waals surface area (Å²) in [4.78, 5) is 4.11. The summed E-state index contributed by atoms with van der Waals surface area (Å²) in [6.07, 6.45) is 3.93. The number of benzene rings is 1. The third kappa shape index (κ3) is 4.97. The molecule has 0 aliphatic rings. The van der Waals surface area contributed by atoms with Crippen LogP contribution in [-0.2, 0) is 0 Å². The van der Waals surface area contributed by atoms with Gasteiger partial charge in [0.1, 0.15) is 5.40 Å². The quantitative estimate of drug-likeness (QED) is 0.459. The molecular weight excluding hydrogens is 248 g/mol. The van der Waals surface area contributed by atoms with Crippen LogP contribution in [0.5, 0.6) is 0 Å². The maximum Gasteiger partial charge on any atom is 0.133 e. The monoisotopic (exact) mass is 260 g/mol. The molecule has 0 aromatic heterocycles. The number of rotatable bonds is 5. The Hall–Kier alpha value is -1.40. The van der Waals surface area contributed by atoms with Gasteiger partial charge in [-0.3, -0.25) is 0 Å². The molecule has 0 aliphatic heterocycles. The first-order valence-electron chi connectivity index (χ1n) is 5.04. The van der Waals surface area contributed by atoms with E-state index in [9.17, 15) is 0 Å². The van der Waals surface area contributed by atoms with E-state index < -0.39 is 5.54 Å². The largest absolute Gasteiger partial charge is 0.221 e. The van der Waals surface area contributed by atoms with E-state index in [0.717, 1.165) is 17.3 Å². The van der Waals surface area contributed by atoms with Crippen molar-refractivity contribution >= 4 is 35.2 Å². The van der Waals surface area contributed by atoms with Gasteiger partial charge in [-0.25, -0.2) is 4.99 Å². The fourth-order valence-electron chi connectivity index (χ4n) is 1.24. The predicted octanol–water partition coefficient (Wildman–Crippen LogP) is 3.78. The summed E-state index contributed by atoms with van der Waals surface area (Å²) in [6.45, 7) is 1.93. The van der Waals surface area contributed by atoms with Crippen LogP contribution < -0.4 is 0 Å². The van der Waals surface area contributed by atoms with Crippen LogP contribution in [0.4, 0.5) is 0 Å². The molecule has 0 radical (unpaired) electrons. The lowest BCUT2D eigenvalue weighted by molar-refractivity contribution is 0.679. The van der Waals surface area contributed by atoms with Crippen LogP contribution in [0, 0.1) is 10.7 Å². The molecule has 0 heterocycles. The van der Waals surface area contributed by atoms with Crippen molar-refractivity contribution in [2.75, 3.05) is 5.75 Å². The van der Waals surface area contributed by atoms with Gasteiger partial charge >= 0.3 is 0 Å². The van der Waals surface area contributed by atoms with Crippen molar-refractivity contribution in [1.29, 1.82) is 5.26 Å². The third-order valence-electron chi connectivity index (χ3n) is 2.16. The highest BCUT2D eigenvalue weighted by molar-refractivity contribution is 8.03. The Bertz CT molecular complexity index is 470. The molecule has 1 aromatic rings. The topological polar surface area (TPSA) is 36.1 Å². The van der Waals surface area contributed by atoms with Gasteiger partial charge in [-0.1, -0.05) is 42.5 Å². The average molecular weight is 260 g/mol. The van der Waals surface area contributed by atoms with Crippen LogP contribution in [0.15, 0.2) is 41.4 Å². The molecular formula is C13H12N2S2. The van der Waals surface area contributed by atoms with Crippen LogP contribution in [0.1, 0.15) is 12.5 Å². The highest BCUT2D eigenvalue weighted by atomic mass is 32.2. The van der Waals surface area contributed by atoms with Gasteiger partial charge in [0, 0.05) is 5.75 Å². The standard InChI is InChI=1S/C13H12N2S2/c1-13(15-11-16,9-17-10-14)8-7-12-5-3-2-4-6-12/h2-8H,9H2,1H3/b8-7+. The number of isothiocyanates is 1. The molecule has 4 heteroatoms. The number of thiocarbonyl (C=S) groups is 1. The summed E-state index contributed by atoms with van der Waals surface area (Å²) in [5, 5.41) is 13.0. The van der Waals surface area contributed by atoms with Crippen molar-refractivity contribution in [3.05, 3.63) is 42.0 Å². The first-order chi connectivity index (χ1) is 8.20. The molecule has 0 bridgehead atoms.